The smallest absolute Gasteiger partial charge is 0.251 e. The van der Waals surface area contributed by atoms with E-state index in [2.05, 4.69) is 22.0 Å². The molecule has 6 heteroatoms. The Morgan fingerprint density at radius 3 is 2.33 bits per heavy atom. The largest absolute Gasteiger partial charge is 0.355 e. The van der Waals surface area contributed by atoms with Crippen LogP contribution >= 0.6 is 0 Å². The number of rotatable bonds is 7. The fourth-order valence-corrected chi connectivity index (χ4v) is 3.65. The fourth-order valence-electron chi connectivity index (χ4n) is 3.65. The van der Waals surface area contributed by atoms with E-state index < -0.39 is 6.04 Å². The Kier molecular flexibility index (Phi) is 7.58. The number of hydrogen-bond acceptors (Lipinski definition) is 4. The third-order valence-corrected chi connectivity index (χ3v) is 5.48. The molecule has 0 spiro atoms. The van der Waals surface area contributed by atoms with Gasteiger partial charge in [0.05, 0.1) is 12.1 Å². The summed E-state index contributed by atoms with van der Waals surface area (Å²) in [6.07, 6.45) is 4.26. The van der Waals surface area contributed by atoms with Crippen LogP contribution in [0.1, 0.15) is 41.6 Å². The number of nitrogens with one attached hydrogen (secondary N) is 3. The van der Waals surface area contributed by atoms with Gasteiger partial charge in [0.2, 0.25) is 5.91 Å². The van der Waals surface area contributed by atoms with Crippen LogP contribution in [0.5, 0.6) is 0 Å². The van der Waals surface area contributed by atoms with Gasteiger partial charge in [-0.15, -0.1) is 0 Å². The molecule has 0 unspecified atom stereocenters. The fraction of sp³-hybridized carbons (Fsp3) is 0.375. The average Bonchev–Trinajstić information content (AvgIpc) is 2.82. The summed E-state index contributed by atoms with van der Waals surface area (Å²) in [6, 6.07) is 17.2. The SMILES string of the molecule is CNC(=O)c1ccc(-c2ccc(CC[C@@H](C#N)NC(=O)[C@@H]3CCCCN3)cc2)cc1. The summed E-state index contributed by atoms with van der Waals surface area (Å²) in [5.74, 6) is -0.174. The molecule has 3 N–H and O–H groups in total. The van der Waals surface area contributed by atoms with Gasteiger partial charge in [0.1, 0.15) is 6.04 Å². The highest BCUT2D eigenvalue weighted by Gasteiger charge is 2.22. The number of nitriles is 1. The molecule has 3 rings (SSSR count). The van der Waals surface area contributed by atoms with Crippen LogP contribution in [-0.4, -0.2) is 37.5 Å². The van der Waals surface area contributed by atoms with Crippen molar-refractivity contribution >= 4 is 11.8 Å². The second-order valence-electron chi connectivity index (χ2n) is 7.58. The van der Waals surface area contributed by atoms with Crippen molar-refractivity contribution in [3.63, 3.8) is 0 Å². The topological polar surface area (TPSA) is 94.0 Å². The van der Waals surface area contributed by atoms with E-state index in [1.807, 2.05) is 48.5 Å². The lowest BCUT2D eigenvalue weighted by molar-refractivity contribution is -0.124. The summed E-state index contributed by atoms with van der Waals surface area (Å²) in [7, 11) is 1.62. The third-order valence-electron chi connectivity index (χ3n) is 5.48. The number of amides is 2. The van der Waals surface area contributed by atoms with Crippen molar-refractivity contribution < 1.29 is 9.59 Å². The monoisotopic (exact) mass is 404 g/mol. The van der Waals surface area contributed by atoms with Crippen LogP contribution in [0.2, 0.25) is 0 Å². The number of carbonyl (C=O) groups is 2. The van der Waals surface area contributed by atoms with Crippen molar-refractivity contribution in [2.45, 2.75) is 44.2 Å². The zero-order valence-electron chi connectivity index (χ0n) is 17.3. The summed E-state index contributed by atoms with van der Waals surface area (Å²) in [6.45, 7) is 0.857. The molecule has 2 amide bonds. The Morgan fingerprint density at radius 1 is 1.10 bits per heavy atom. The highest BCUT2D eigenvalue weighted by molar-refractivity contribution is 5.94. The Hall–Kier alpha value is -3.17. The molecule has 30 heavy (non-hydrogen) atoms. The van der Waals surface area contributed by atoms with Gasteiger partial charge in [0, 0.05) is 12.6 Å². The normalized spacial score (nSPS) is 16.9. The Morgan fingerprint density at radius 2 is 1.77 bits per heavy atom. The predicted molar refractivity (Wildman–Crippen MR) is 117 cm³/mol. The molecule has 2 atom stereocenters. The summed E-state index contributed by atoms with van der Waals surface area (Å²) >= 11 is 0. The molecule has 6 nitrogen and oxygen atoms in total. The lowest BCUT2D eigenvalue weighted by Crippen LogP contribution is -2.49. The van der Waals surface area contributed by atoms with Crippen LogP contribution in [0.15, 0.2) is 48.5 Å². The van der Waals surface area contributed by atoms with Crippen molar-refractivity contribution in [2.24, 2.45) is 0 Å². The second kappa shape index (κ2) is 10.6. The van der Waals surface area contributed by atoms with Gasteiger partial charge in [-0.25, -0.2) is 0 Å². The van der Waals surface area contributed by atoms with E-state index in [1.165, 1.54) is 0 Å². The minimum Gasteiger partial charge on any atom is -0.355 e. The van der Waals surface area contributed by atoms with Crippen molar-refractivity contribution in [3.8, 4) is 17.2 Å². The van der Waals surface area contributed by atoms with Crippen LogP contribution in [-0.2, 0) is 11.2 Å². The standard InChI is InChI=1S/C24H28N4O2/c1-26-23(29)20-12-10-19(11-13-20)18-8-5-17(6-9-18)7-14-21(16-25)28-24(30)22-4-2-3-15-27-22/h5-6,8-13,21-22,27H,2-4,7,14-15H2,1H3,(H,26,29)(H,28,30)/t21-,22-/m0/s1. The lowest BCUT2D eigenvalue weighted by atomic mass is 9.99. The molecule has 2 aromatic carbocycles. The maximum absolute atomic E-state index is 12.3. The molecule has 0 aromatic heterocycles. The molecule has 0 saturated carbocycles. The predicted octanol–water partition coefficient (Wildman–Crippen LogP) is 2.80. The zero-order valence-corrected chi connectivity index (χ0v) is 17.3. The number of nitrogens with zero attached hydrogens (tertiary/aromatic N) is 1. The highest BCUT2D eigenvalue weighted by Crippen LogP contribution is 2.21. The van der Waals surface area contributed by atoms with E-state index in [4.69, 9.17) is 0 Å². The van der Waals surface area contributed by atoms with E-state index in [9.17, 15) is 14.9 Å². The molecule has 0 radical (unpaired) electrons. The number of benzene rings is 2. The van der Waals surface area contributed by atoms with E-state index in [1.54, 1.807) is 7.05 Å². The van der Waals surface area contributed by atoms with Crippen molar-refractivity contribution in [1.82, 2.24) is 16.0 Å². The number of piperidine rings is 1. The van der Waals surface area contributed by atoms with Crippen LogP contribution in [0.25, 0.3) is 11.1 Å². The maximum atomic E-state index is 12.3. The zero-order chi connectivity index (χ0) is 21.3. The van der Waals surface area contributed by atoms with E-state index in [0.29, 0.717) is 18.4 Å². The quantitative estimate of drug-likeness (QED) is 0.661. The molecule has 0 bridgehead atoms. The summed E-state index contributed by atoms with van der Waals surface area (Å²) < 4.78 is 0. The number of aryl methyl sites for hydroxylation is 1. The molecule has 1 heterocycles. The van der Waals surface area contributed by atoms with Gasteiger partial charge in [-0.1, -0.05) is 42.8 Å². The van der Waals surface area contributed by atoms with Gasteiger partial charge in [0.15, 0.2) is 0 Å². The van der Waals surface area contributed by atoms with Gasteiger partial charge >= 0.3 is 0 Å². The second-order valence-corrected chi connectivity index (χ2v) is 7.58. The summed E-state index contributed by atoms with van der Waals surface area (Å²) in [5.41, 5.74) is 3.85. The first kappa shape index (κ1) is 21.5. The Bertz CT molecular complexity index is 894. The van der Waals surface area contributed by atoms with Crippen LogP contribution in [0.3, 0.4) is 0 Å². The van der Waals surface area contributed by atoms with Gasteiger partial charge in [-0.05, 0) is 61.1 Å². The molecule has 0 aliphatic carbocycles. The van der Waals surface area contributed by atoms with Gasteiger partial charge < -0.3 is 16.0 Å². The molecular formula is C24H28N4O2. The number of hydrogen-bond donors (Lipinski definition) is 3. The van der Waals surface area contributed by atoms with Crippen LogP contribution in [0.4, 0.5) is 0 Å². The molecule has 1 aliphatic rings. The Labute approximate surface area is 177 Å². The van der Waals surface area contributed by atoms with Crippen molar-refractivity contribution in [2.75, 3.05) is 13.6 Å². The minimum atomic E-state index is -0.488. The molecule has 2 aromatic rings. The van der Waals surface area contributed by atoms with E-state index >= 15 is 0 Å². The first-order chi connectivity index (χ1) is 14.6. The first-order valence-electron chi connectivity index (χ1n) is 10.5. The number of carbonyl (C=O) groups excluding carboxylic acids is 2. The summed E-state index contributed by atoms with van der Waals surface area (Å²) in [4.78, 5) is 24.0. The lowest BCUT2D eigenvalue weighted by Gasteiger charge is -2.23. The summed E-state index contributed by atoms with van der Waals surface area (Å²) in [5, 5.41) is 18.1. The van der Waals surface area contributed by atoms with E-state index in [0.717, 1.165) is 42.5 Å². The van der Waals surface area contributed by atoms with Crippen molar-refractivity contribution in [3.05, 3.63) is 59.7 Å². The molecule has 1 saturated heterocycles. The highest BCUT2D eigenvalue weighted by atomic mass is 16.2. The van der Waals surface area contributed by atoms with Crippen molar-refractivity contribution in [1.29, 1.82) is 5.26 Å². The van der Waals surface area contributed by atoms with E-state index in [-0.39, 0.29) is 17.9 Å². The molecular weight excluding hydrogens is 376 g/mol. The maximum Gasteiger partial charge on any atom is 0.251 e. The average molecular weight is 405 g/mol. The minimum absolute atomic E-state index is 0.0724. The van der Waals surface area contributed by atoms with Gasteiger partial charge in [-0.3, -0.25) is 9.59 Å². The Balaban J connectivity index is 1.54. The van der Waals surface area contributed by atoms with Crippen LogP contribution < -0.4 is 16.0 Å². The molecule has 156 valence electrons. The van der Waals surface area contributed by atoms with Gasteiger partial charge in [-0.2, -0.15) is 5.26 Å². The van der Waals surface area contributed by atoms with Gasteiger partial charge in [0.25, 0.3) is 5.91 Å². The third kappa shape index (κ3) is 5.68. The van der Waals surface area contributed by atoms with Crippen LogP contribution in [0, 0.1) is 11.3 Å². The molecule has 1 aliphatic heterocycles. The molecule has 1 fully saturated rings. The first-order valence-corrected chi connectivity index (χ1v) is 10.5.